The fourth-order valence-electron chi connectivity index (χ4n) is 1.75. The van der Waals surface area contributed by atoms with Crippen LogP contribution in [0.5, 0.6) is 0 Å². The van der Waals surface area contributed by atoms with E-state index in [2.05, 4.69) is 26.0 Å². The monoisotopic (exact) mass is 376 g/mol. The third-order valence-electron chi connectivity index (χ3n) is 2.79. The summed E-state index contributed by atoms with van der Waals surface area (Å²) < 4.78 is 45.7. The Bertz CT molecular complexity index is 759. The number of aryl methyl sites for hydroxylation is 1. The van der Waals surface area contributed by atoms with E-state index in [1.54, 1.807) is 14.0 Å². The lowest BCUT2D eigenvalue weighted by Gasteiger charge is -2.09. The summed E-state index contributed by atoms with van der Waals surface area (Å²) in [6.45, 7) is 2.08. The van der Waals surface area contributed by atoms with Crippen molar-refractivity contribution in [2.45, 2.75) is 18.4 Å². The molecule has 5 nitrogen and oxygen atoms in total. The van der Waals surface area contributed by atoms with Gasteiger partial charge in [-0.15, -0.1) is 0 Å². The number of sulfonamides is 1. The molecule has 0 bridgehead atoms. The van der Waals surface area contributed by atoms with Gasteiger partial charge < -0.3 is 9.73 Å². The zero-order valence-electron chi connectivity index (χ0n) is 11.4. The van der Waals surface area contributed by atoms with Gasteiger partial charge in [0, 0.05) is 6.07 Å². The highest BCUT2D eigenvalue weighted by Gasteiger charge is 2.23. The van der Waals surface area contributed by atoms with Crippen molar-refractivity contribution >= 4 is 31.6 Å². The first-order chi connectivity index (χ1) is 9.83. The molecule has 8 heteroatoms. The molecule has 2 rings (SSSR count). The molecular weight excluding hydrogens is 363 g/mol. The maximum atomic E-state index is 13.2. The fourth-order valence-corrected chi connectivity index (χ4v) is 3.87. The van der Waals surface area contributed by atoms with E-state index >= 15 is 0 Å². The quantitative estimate of drug-likeness (QED) is 0.841. The first kappa shape index (κ1) is 16.0. The molecule has 0 saturated carbocycles. The maximum absolute atomic E-state index is 13.2. The van der Waals surface area contributed by atoms with Gasteiger partial charge in [0.15, 0.2) is 4.67 Å². The van der Waals surface area contributed by atoms with Crippen LogP contribution in [0.2, 0.25) is 0 Å². The van der Waals surface area contributed by atoms with Gasteiger partial charge in [0.05, 0.1) is 12.2 Å². The van der Waals surface area contributed by atoms with Crippen molar-refractivity contribution in [2.24, 2.45) is 0 Å². The van der Waals surface area contributed by atoms with Crippen LogP contribution in [0.4, 0.5) is 10.1 Å². The summed E-state index contributed by atoms with van der Waals surface area (Å²) in [6.07, 6.45) is 0. The average molecular weight is 377 g/mol. The minimum Gasteiger partial charge on any atom is -0.451 e. The Labute approximate surface area is 130 Å². The standard InChI is InChI=1S/C13H14BrFN2O3S/c1-8-3-4-9(15)5-11(8)17-21(18,19)12-6-10(7-16-2)20-13(12)14/h3-6,16-17H,7H2,1-2H3. The average Bonchev–Trinajstić information content (AvgIpc) is 2.76. The van der Waals surface area contributed by atoms with Gasteiger partial charge in [0.1, 0.15) is 16.5 Å². The number of halogens is 2. The summed E-state index contributed by atoms with van der Waals surface area (Å²) in [5.74, 6) is -0.0406. The second kappa shape index (κ2) is 6.17. The number of benzene rings is 1. The SMILES string of the molecule is CNCc1cc(S(=O)(=O)Nc2cc(F)ccc2C)c(Br)o1. The van der Waals surface area contributed by atoms with E-state index in [1.165, 1.54) is 18.2 Å². The molecule has 0 aliphatic heterocycles. The topological polar surface area (TPSA) is 71.3 Å². The Morgan fingerprint density at radius 1 is 1.33 bits per heavy atom. The van der Waals surface area contributed by atoms with E-state index in [-0.39, 0.29) is 15.3 Å². The van der Waals surface area contributed by atoms with Crippen LogP contribution >= 0.6 is 15.9 Å². The second-order valence-corrected chi connectivity index (χ2v) is 6.82. The Balaban J connectivity index is 2.36. The Morgan fingerprint density at radius 3 is 2.71 bits per heavy atom. The highest BCUT2D eigenvalue weighted by Crippen LogP contribution is 2.28. The number of furan rings is 1. The van der Waals surface area contributed by atoms with E-state index < -0.39 is 15.8 Å². The summed E-state index contributed by atoms with van der Waals surface area (Å²) in [4.78, 5) is -0.0311. The molecule has 1 aromatic carbocycles. The first-order valence-electron chi connectivity index (χ1n) is 6.05. The van der Waals surface area contributed by atoms with Gasteiger partial charge in [0.25, 0.3) is 10.0 Å². The number of rotatable bonds is 5. The third kappa shape index (κ3) is 3.63. The van der Waals surface area contributed by atoms with Crippen LogP contribution in [-0.2, 0) is 16.6 Å². The van der Waals surface area contributed by atoms with Crippen molar-refractivity contribution in [1.29, 1.82) is 0 Å². The molecule has 0 unspecified atom stereocenters. The molecule has 2 aromatic rings. The molecule has 1 aromatic heterocycles. The normalized spacial score (nSPS) is 11.6. The molecule has 114 valence electrons. The van der Waals surface area contributed by atoms with Gasteiger partial charge in [-0.1, -0.05) is 6.07 Å². The third-order valence-corrected chi connectivity index (χ3v) is 5.01. The molecule has 21 heavy (non-hydrogen) atoms. The fraction of sp³-hybridized carbons (Fsp3) is 0.231. The van der Waals surface area contributed by atoms with Crippen molar-refractivity contribution in [3.63, 3.8) is 0 Å². The van der Waals surface area contributed by atoms with Crippen molar-refractivity contribution in [2.75, 3.05) is 11.8 Å². The summed E-state index contributed by atoms with van der Waals surface area (Å²) in [6, 6.07) is 5.32. The molecule has 0 aliphatic rings. The van der Waals surface area contributed by atoms with Gasteiger partial charge in [-0.3, -0.25) is 4.72 Å². The van der Waals surface area contributed by atoms with E-state index in [0.717, 1.165) is 6.07 Å². The van der Waals surface area contributed by atoms with Crippen LogP contribution in [0.1, 0.15) is 11.3 Å². The Kier molecular flexibility index (Phi) is 4.70. The summed E-state index contributed by atoms with van der Waals surface area (Å²) in [5.41, 5.74) is 0.813. The molecule has 0 atom stereocenters. The van der Waals surface area contributed by atoms with Crippen LogP contribution in [0, 0.1) is 12.7 Å². The van der Waals surface area contributed by atoms with Crippen LogP contribution in [0.15, 0.2) is 38.2 Å². The largest absolute Gasteiger partial charge is 0.451 e. The number of anilines is 1. The number of hydrogen-bond donors (Lipinski definition) is 2. The van der Waals surface area contributed by atoms with E-state index in [0.29, 0.717) is 17.9 Å². The molecule has 0 aliphatic carbocycles. The maximum Gasteiger partial charge on any atom is 0.266 e. The first-order valence-corrected chi connectivity index (χ1v) is 8.33. The van der Waals surface area contributed by atoms with Crippen LogP contribution in [0.25, 0.3) is 0 Å². The zero-order valence-corrected chi connectivity index (χ0v) is 13.8. The highest BCUT2D eigenvalue weighted by atomic mass is 79.9. The predicted molar refractivity (Wildman–Crippen MR) is 81.1 cm³/mol. The van der Waals surface area contributed by atoms with Crippen molar-refractivity contribution in [1.82, 2.24) is 5.32 Å². The lowest BCUT2D eigenvalue weighted by atomic mass is 10.2. The smallest absolute Gasteiger partial charge is 0.266 e. The predicted octanol–water partition coefficient (Wildman–Crippen LogP) is 3.01. The summed E-state index contributed by atoms with van der Waals surface area (Å²) >= 11 is 3.08. The Morgan fingerprint density at radius 2 is 2.05 bits per heavy atom. The molecule has 2 N–H and O–H groups in total. The number of nitrogens with one attached hydrogen (secondary N) is 2. The van der Waals surface area contributed by atoms with Gasteiger partial charge in [-0.2, -0.15) is 0 Å². The summed E-state index contributed by atoms with van der Waals surface area (Å²) in [5, 5.41) is 2.86. The Hall–Kier alpha value is -1.38. The van der Waals surface area contributed by atoms with Crippen molar-refractivity contribution < 1.29 is 17.2 Å². The lowest BCUT2D eigenvalue weighted by Crippen LogP contribution is -2.13. The highest BCUT2D eigenvalue weighted by molar-refractivity contribution is 9.10. The van der Waals surface area contributed by atoms with E-state index in [1.807, 2.05) is 0 Å². The molecule has 0 amide bonds. The minimum absolute atomic E-state index is 0.0311. The number of hydrogen-bond acceptors (Lipinski definition) is 4. The van der Waals surface area contributed by atoms with Crippen molar-refractivity contribution in [3.8, 4) is 0 Å². The van der Waals surface area contributed by atoms with Crippen LogP contribution in [-0.4, -0.2) is 15.5 Å². The van der Waals surface area contributed by atoms with Gasteiger partial charge in [-0.05, 0) is 47.6 Å². The van der Waals surface area contributed by atoms with Crippen LogP contribution in [0.3, 0.4) is 0 Å². The van der Waals surface area contributed by atoms with E-state index in [4.69, 9.17) is 4.42 Å². The minimum atomic E-state index is -3.87. The second-order valence-electron chi connectivity index (χ2n) is 4.45. The van der Waals surface area contributed by atoms with Crippen molar-refractivity contribution in [3.05, 3.63) is 46.1 Å². The molecule has 1 heterocycles. The zero-order chi connectivity index (χ0) is 15.6. The van der Waals surface area contributed by atoms with Gasteiger partial charge >= 0.3 is 0 Å². The van der Waals surface area contributed by atoms with Gasteiger partial charge in [-0.25, -0.2) is 12.8 Å². The molecular formula is C13H14BrFN2O3S. The summed E-state index contributed by atoms with van der Waals surface area (Å²) in [7, 11) is -2.14. The molecule has 0 radical (unpaired) electrons. The van der Waals surface area contributed by atoms with Gasteiger partial charge in [0.2, 0.25) is 0 Å². The molecule has 0 spiro atoms. The van der Waals surface area contributed by atoms with Crippen LogP contribution < -0.4 is 10.0 Å². The lowest BCUT2D eigenvalue weighted by molar-refractivity contribution is 0.470. The molecule has 0 fully saturated rings. The molecule has 0 saturated heterocycles. The van der Waals surface area contributed by atoms with E-state index in [9.17, 15) is 12.8 Å².